The van der Waals surface area contributed by atoms with Crippen LogP contribution in [0.2, 0.25) is 0 Å². The molecule has 1 aliphatic rings. The van der Waals surface area contributed by atoms with E-state index in [1.165, 1.54) is 5.56 Å². The van der Waals surface area contributed by atoms with E-state index in [-0.39, 0.29) is 17.2 Å². The molecule has 0 spiro atoms. The number of piperidine rings is 1. The van der Waals surface area contributed by atoms with E-state index in [0.29, 0.717) is 11.8 Å². The highest BCUT2D eigenvalue weighted by molar-refractivity contribution is 5.91. The fourth-order valence-corrected chi connectivity index (χ4v) is 2.86. The van der Waals surface area contributed by atoms with Crippen LogP contribution in [-0.4, -0.2) is 34.2 Å². The molecule has 1 aromatic carbocycles. The first-order valence-corrected chi connectivity index (χ1v) is 8.48. The standard InChI is InChI=1S/C18H25N5O/c1-18(2,3)14-8-6-12(7-9-14)15-20-17(23-22-15)21-16(24)13-5-4-10-19-11-13/h6-9,13,19H,4-5,10-11H2,1-3H3,(H2,20,21,22,23,24). The predicted molar refractivity (Wildman–Crippen MR) is 94.7 cm³/mol. The molecule has 3 N–H and O–H groups in total. The number of nitrogens with one attached hydrogen (secondary N) is 3. The Morgan fingerprint density at radius 3 is 2.62 bits per heavy atom. The molecule has 6 heteroatoms. The molecule has 2 heterocycles. The monoisotopic (exact) mass is 327 g/mol. The van der Waals surface area contributed by atoms with Gasteiger partial charge in [-0.15, -0.1) is 5.10 Å². The lowest BCUT2D eigenvalue weighted by molar-refractivity contribution is -0.120. The summed E-state index contributed by atoms with van der Waals surface area (Å²) in [5.74, 6) is 0.968. The largest absolute Gasteiger partial charge is 0.316 e. The van der Waals surface area contributed by atoms with Crippen LogP contribution >= 0.6 is 0 Å². The van der Waals surface area contributed by atoms with Gasteiger partial charge in [-0.3, -0.25) is 15.2 Å². The third-order valence-corrected chi connectivity index (χ3v) is 4.41. The van der Waals surface area contributed by atoms with Crippen molar-refractivity contribution < 1.29 is 4.79 Å². The summed E-state index contributed by atoms with van der Waals surface area (Å²) in [6.07, 6.45) is 1.93. The molecule has 1 aromatic heterocycles. The van der Waals surface area contributed by atoms with E-state index < -0.39 is 0 Å². The van der Waals surface area contributed by atoms with Gasteiger partial charge in [0.05, 0.1) is 5.92 Å². The summed E-state index contributed by atoms with van der Waals surface area (Å²) >= 11 is 0. The molecule has 1 fully saturated rings. The zero-order valence-electron chi connectivity index (χ0n) is 14.5. The van der Waals surface area contributed by atoms with Gasteiger partial charge in [-0.05, 0) is 30.4 Å². The van der Waals surface area contributed by atoms with Gasteiger partial charge in [0, 0.05) is 12.1 Å². The van der Waals surface area contributed by atoms with Crippen LogP contribution in [0.1, 0.15) is 39.2 Å². The first-order valence-electron chi connectivity index (χ1n) is 8.48. The van der Waals surface area contributed by atoms with E-state index in [2.05, 4.69) is 58.7 Å². The molecule has 0 radical (unpaired) electrons. The minimum atomic E-state index is -0.0177. The second kappa shape index (κ2) is 6.73. The molecular weight excluding hydrogens is 302 g/mol. The van der Waals surface area contributed by atoms with Crippen molar-refractivity contribution in [2.24, 2.45) is 5.92 Å². The SMILES string of the molecule is CC(C)(C)c1ccc(-c2nc(NC(=O)C3CCCNC3)n[nH]2)cc1. The van der Waals surface area contributed by atoms with Crippen LogP contribution in [0.5, 0.6) is 0 Å². The summed E-state index contributed by atoms with van der Waals surface area (Å²) in [7, 11) is 0. The second-order valence-electron chi connectivity index (χ2n) is 7.37. The third kappa shape index (κ3) is 3.82. The molecule has 6 nitrogen and oxygen atoms in total. The van der Waals surface area contributed by atoms with E-state index in [0.717, 1.165) is 31.5 Å². The zero-order valence-corrected chi connectivity index (χ0v) is 14.5. The lowest BCUT2D eigenvalue weighted by Crippen LogP contribution is -2.37. The highest BCUT2D eigenvalue weighted by Gasteiger charge is 2.22. The highest BCUT2D eigenvalue weighted by atomic mass is 16.2. The van der Waals surface area contributed by atoms with Crippen molar-refractivity contribution in [2.45, 2.75) is 39.0 Å². The fraction of sp³-hybridized carbons (Fsp3) is 0.500. The van der Waals surface area contributed by atoms with Gasteiger partial charge in [0.25, 0.3) is 0 Å². The molecule has 0 saturated carbocycles. The number of anilines is 1. The minimum Gasteiger partial charge on any atom is -0.316 e. The Kier molecular flexibility index (Phi) is 4.66. The first-order chi connectivity index (χ1) is 11.4. The van der Waals surface area contributed by atoms with Gasteiger partial charge in [-0.1, -0.05) is 45.0 Å². The van der Waals surface area contributed by atoms with Crippen molar-refractivity contribution in [2.75, 3.05) is 18.4 Å². The molecule has 24 heavy (non-hydrogen) atoms. The zero-order chi connectivity index (χ0) is 17.2. The fourth-order valence-electron chi connectivity index (χ4n) is 2.86. The Morgan fingerprint density at radius 2 is 2.00 bits per heavy atom. The number of carbonyl (C=O) groups is 1. The third-order valence-electron chi connectivity index (χ3n) is 4.41. The maximum Gasteiger partial charge on any atom is 0.249 e. The van der Waals surface area contributed by atoms with Crippen molar-refractivity contribution in [1.29, 1.82) is 0 Å². The van der Waals surface area contributed by atoms with Crippen molar-refractivity contribution in [3.05, 3.63) is 29.8 Å². The number of rotatable bonds is 3. The van der Waals surface area contributed by atoms with Gasteiger partial charge in [-0.2, -0.15) is 4.98 Å². The average Bonchev–Trinajstić information content (AvgIpc) is 3.03. The van der Waals surface area contributed by atoms with Gasteiger partial charge in [0.15, 0.2) is 5.82 Å². The molecule has 0 bridgehead atoms. The van der Waals surface area contributed by atoms with E-state index in [9.17, 15) is 4.79 Å². The molecule has 3 rings (SSSR count). The van der Waals surface area contributed by atoms with Crippen LogP contribution in [-0.2, 0) is 10.2 Å². The normalized spacial score (nSPS) is 18.4. The van der Waals surface area contributed by atoms with Crippen LogP contribution in [0, 0.1) is 5.92 Å². The number of carbonyl (C=O) groups excluding carboxylic acids is 1. The molecule has 1 amide bonds. The second-order valence-corrected chi connectivity index (χ2v) is 7.37. The lowest BCUT2D eigenvalue weighted by Gasteiger charge is -2.20. The molecular formula is C18H25N5O. The molecule has 2 aromatic rings. The Morgan fingerprint density at radius 1 is 1.25 bits per heavy atom. The van der Waals surface area contributed by atoms with Crippen LogP contribution in [0.3, 0.4) is 0 Å². The van der Waals surface area contributed by atoms with E-state index in [4.69, 9.17) is 0 Å². The molecule has 0 aliphatic carbocycles. The number of benzene rings is 1. The van der Waals surface area contributed by atoms with Gasteiger partial charge in [0.2, 0.25) is 11.9 Å². The summed E-state index contributed by atoms with van der Waals surface area (Å²) in [5, 5.41) is 13.1. The van der Waals surface area contributed by atoms with Crippen LogP contribution in [0.4, 0.5) is 5.95 Å². The maximum atomic E-state index is 12.2. The molecule has 1 aliphatic heterocycles. The summed E-state index contributed by atoms with van der Waals surface area (Å²) < 4.78 is 0. The Labute approximate surface area is 142 Å². The Balaban J connectivity index is 1.67. The van der Waals surface area contributed by atoms with Gasteiger partial charge < -0.3 is 5.32 Å². The van der Waals surface area contributed by atoms with E-state index >= 15 is 0 Å². The molecule has 1 saturated heterocycles. The van der Waals surface area contributed by atoms with Gasteiger partial charge in [-0.25, -0.2) is 0 Å². The van der Waals surface area contributed by atoms with Crippen LogP contribution in [0.25, 0.3) is 11.4 Å². The van der Waals surface area contributed by atoms with Crippen molar-refractivity contribution >= 4 is 11.9 Å². The minimum absolute atomic E-state index is 0.00762. The maximum absolute atomic E-state index is 12.2. The Hall–Kier alpha value is -2.21. The summed E-state index contributed by atoms with van der Waals surface area (Å²) in [4.78, 5) is 16.6. The number of hydrogen-bond donors (Lipinski definition) is 3. The molecule has 1 atom stereocenters. The van der Waals surface area contributed by atoms with Crippen molar-refractivity contribution in [1.82, 2.24) is 20.5 Å². The van der Waals surface area contributed by atoms with Crippen LogP contribution in [0.15, 0.2) is 24.3 Å². The first kappa shape index (κ1) is 16.6. The average molecular weight is 327 g/mol. The summed E-state index contributed by atoms with van der Waals surface area (Å²) in [5.41, 5.74) is 2.34. The predicted octanol–water partition coefficient (Wildman–Crippen LogP) is 2.71. The Bertz CT molecular complexity index is 693. The number of hydrogen-bond acceptors (Lipinski definition) is 4. The number of aromatic nitrogens is 3. The molecule has 1 unspecified atom stereocenters. The quantitative estimate of drug-likeness (QED) is 0.809. The van der Waals surface area contributed by atoms with Gasteiger partial charge >= 0.3 is 0 Å². The summed E-state index contributed by atoms with van der Waals surface area (Å²) in [6, 6.07) is 8.25. The van der Waals surface area contributed by atoms with E-state index in [1.54, 1.807) is 0 Å². The van der Waals surface area contributed by atoms with Crippen molar-refractivity contribution in [3.63, 3.8) is 0 Å². The number of aromatic amines is 1. The summed E-state index contributed by atoms with van der Waals surface area (Å²) in [6.45, 7) is 8.26. The molecule has 128 valence electrons. The van der Waals surface area contributed by atoms with Gasteiger partial charge in [0.1, 0.15) is 0 Å². The topological polar surface area (TPSA) is 82.7 Å². The number of H-pyrrole nitrogens is 1. The van der Waals surface area contributed by atoms with E-state index in [1.807, 2.05) is 12.1 Å². The number of nitrogens with zero attached hydrogens (tertiary/aromatic N) is 2. The smallest absolute Gasteiger partial charge is 0.249 e. The van der Waals surface area contributed by atoms with Crippen molar-refractivity contribution in [3.8, 4) is 11.4 Å². The van der Waals surface area contributed by atoms with Crippen LogP contribution < -0.4 is 10.6 Å². The highest BCUT2D eigenvalue weighted by Crippen LogP contribution is 2.25. The number of amides is 1. The lowest BCUT2D eigenvalue weighted by atomic mass is 9.87.